The van der Waals surface area contributed by atoms with Crippen molar-refractivity contribution in [2.75, 3.05) is 13.2 Å². The van der Waals surface area contributed by atoms with Crippen molar-refractivity contribution in [3.05, 3.63) is 0 Å². The molecule has 0 spiro atoms. The highest BCUT2D eigenvalue weighted by Gasteiger charge is 2.50. The van der Waals surface area contributed by atoms with Gasteiger partial charge in [0.1, 0.15) is 42.7 Å². The van der Waals surface area contributed by atoms with Gasteiger partial charge in [-0.1, -0.05) is 0 Å². The van der Waals surface area contributed by atoms with Crippen LogP contribution < -0.4 is 11.1 Å². The van der Waals surface area contributed by atoms with Crippen LogP contribution in [-0.4, -0.2) is 116 Å². The van der Waals surface area contributed by atoms with E-state index in [4.69, 9.17) is 29.7 Å². The molecular weight excluding hydrogens is 435 g/mol. The topological polar surface area (TPSA) is 251 Å². The Hall–Kier alpha value is -0.780. The normalized spacial score (nSPS) is 42.7. The summed E-state index contributed by atoms with van der Waals surface area (Å²) in [6.45, 7) is -0.444. The number of nitrogens with one attached hydrogen (secondary N) is 1. The van der Waals surface area contributed by atoms with E-state index < -0.39 is 88.2 Å². The lowest BCUT2D eigenvalue weighted by Crippen LogP contribution is -2.68. The van der Waals surface area contributed by atoms with Crippen LogP contribution in [0.1, 0.15) is 6.92 Å². The van der Waals surface area contributed by atoms with Gasteiger partial charge in [-0.25, -0.2) is 4.57 Å². The quantitative estimate of drug-likeness (QED) is 0.160. The van der Waals surface area contributed by atoms with E-state index in [-0.39, 0.29) is 0 Å². The monoisotopic (exact) mass is 462 g/mol. The van der Waals surface area contributed by atoms with E-state index in [1.54, 1.807) is 0 Å². The van der Waals surface area contributed by atoms with Crippen LogP contribution >= 0.6 is 7.82 Å². The van der Waals surface area contributed by atoms with Gasteiger partial charge in [0, 0.05) is 6.92 Å². The fourth-order valence-electron chi connectivity index (χ4n) is 3.17. The lowest BCUT2D eigenvalue weighted by atomic mass is 9.95. The first-order valence-corrected chi connectivity index (χ1v) is 10.4. The lowest BCUT2D eigenvalue weighted by molar-refractivity contribution is -0.325. The Kier molecular flexibility index (Phi) is 8.68. The molecule has 2 aliphatic rings. The first kappa shape index (κ1) is 25.5. The second kappa shape index (κ2) is 10.2. The third kappa shape index (κ3) is 6.14. The predicted molar refractivity (Wildman–Crippen MR) is 93.1 cm³/mol. The van der Waals surface area contributed by atoms with Crippen LogP contribution in [0.15, 0.2) is 0 Å². The minimum Gasteiger partial charge on any atom is -0.394 e. The Balaban J connectivity index is 2.24. The van der Waals surface area contributed by atoms with Crippen molar-refractivity contribution >= 4 is 13.7 Å². The van der Waals surface area contributed by atoms with Gasteiger partial charge in [0.05, 0.1) is 19.3 Å². The van der Waals surface area contributed by atoms with Gasteiger partial charge in [-0.05, 0) is 0 Å². The van der Waals surface area contributed by atoms with E-state index >= 15 is 0 Å². The highest BCUT2D eigenvalue weighted by atomic mass is 31.2. The molecule has 176 valence electrons. The molecule has 1 amide bonds. The van der Waals surface area contributed by atoms with E-state index in [2.05, 4.69) is 9.84 Å². The lowest BCUT2D eigenvalue weighted by Gasteiger charge is -2.47. The summed E-state index contributed by atoms with van der Waals surface area (Å²) in [5.41, 5.74) is 5.63. The molecule has 10 N–H and O–H groups in total. The van der Waals surface area contributed by atoms with Crippen molar-refractivity contribution in [1.82, 2.24) is 5.32 Å². The number of phosphoric ester groups is 1. The Morgan fingerprint density at radius 1 is 1.10 bits per heavy atom. The van der Waals surface area contributed by atoms with E-state index in [0.29, 0.717) is 0 Å². The van der Waals surface area contributed by atoms with E-state index in [0.717, 1.165) is 6.92 Å². The summed E-state index contributed by atoms with van der Waals surface area (Å²) in [5.74, 6) is -0.639. The third-order valence-corrected chi connectivity index (χ3v) is 5.18. The minimum atomic E-state index is -4.93. The number of amides is 1. The van der Waals surface area contributed by atoms with Crippen molar-refractivity contribution < 1.29 is 63.4 Å². The minimum absolute atomic E-state index is 0.639. The average molecular weight is 462 g/mol. The molecule has 0 aliphatic carbocycles. The van der Waals surface area contributed by atoms with E-state index in [1.165, 1.54) is 0 Å². The highest BCUT2D eigenvalue weighted by Crippen LogP contribution is 2.37. The summed E-state index contributed by atoms with van der Waals surface area (Å²) in [6.07, 6.45) is -12.4. The highest BCUT2D eigenvalue weighted by molar-refractivity contribution is 7.46. The summed E-state index contributed by atoms with van der Waals surface area (Å²) in [7, 11) is -4.93. The first-order valence-electron chi connectivity index (χ1n) is 8.88. The fourth-order valence-corrected chi connectivity index (χ4v) is 3.51. The summed E-state index contributed by atoms with van der Waals surface area (Å²) < 4.78 is 31.3. The molecule has 0 aromatic carbocycles. The number of hydrogen-bond acceptors (Lipinski definition) is 12. The van der Waals surface area contributed by atoms with Crippen molar-refractivity contribution in [2.24, 2.45) is 5.73 Å². The molecule has 1 unspecified atom stereocenters. The number of ether oxygens (including phenoxy) is 3. The molecule has 10 atom stereocenters. The van der Waals surface area contributed by atoms with Gasteiger partial charge < -0.3 is 60.6 Å². The van der Waals surface area contributed by atoms with Crippen LogP contribution in [0, 0.1) is 0 Å². The number of nitrogens with two attached hydrogens (primary N) is 1. The Labute approximate surface area is 170 Å². The molecule has 2 heterocycles. The molecule has 2 saturated heterocycles. The number of carbonyl (C=O) groups is 1. The smallest absolute Gasteiger partial charge is 0.394 e. The van der Waals surface area contributed by atoms with Gasteiger partial charge in [-0.3, -0.25) is 9.32 Å². The Morgan fingerprint density at radius 2 is 1.73 bits per heavy atom. The maximum absolute atomic E-state index is 11.5. The van der Waals surface area contributed by atoms with Crippen LogP contribution in [0.25, 0.3) is 0 Å². The van der Waals surface area contributed by atoms with E-state index in [1.807, 2.05) is 0 Å². The Morgan fingerprint density at radius 3 is 2.27 bits per heavy atom. The van der Waals surface area contributed by atoms with Crippen molar-refractivity contribution in [3.63, 3.8) is 0 Å². The van der Waals surface area contributed by atoms with Gasteiger partial charge in [-0.2, -0.15) is 0 Å². The average Bonchev–Trinajstić information content (AvgIpc) is 2.65. The molecule has 0 aromatic rings. The van der Waals surface area contributed by atoms with Crippen LogP contribution in [0.2, 0.25) is 0 Å². The van der Waals surface area contributed by atoms with Gasteiger partial charge >= 0.3 is 7.82 Å². The molecule has 16 heteroatoms. The summed E-state index contributed by atoms with van der Waals surface area (Å²) >= 11 is 0. The standard InChI is InChI=1S/C14H27N2O13P/c1-4(18)16-8-11(21)9(19)6(3-26-30(23,24)25)28-14(8)29-12-5(2-17)27-13(22)7(15)10(12)20/h5-14,17,19-22H,2-3,15H2,1H3,(H,16,18)(H2,23,24,25)/t5-,6-,7-,8-,9-,10-,11-,12-,13?,14+/m1/s1. The molecular formula is C14H27N2O13P. The molecule has 2 fully saturated rings. The summed E-state index contributed by atoms with van der Waals surface area (Å²) in [4.78, 5) is 29.2. The second-order valence-electron chi connectivity index (χ2n) is 6.95. The maximum Gasteiger partial charge on any atom is 0.469 e. The second-order valence-corrected chi connectivity index (χ2v) is 8.19. The first-order chi connectivity index (χ1) is 13.9. The number of phosphoric acid groups is 1. The van der Waals surface area contributed by atoms with Gasteiger partial charge in [-0.15, -0.1) is 0 Å². The molecule has 0 radical (unpaired) electrons. The number of hydrogen-bond donors (Lipinski definition) is 9. The van der Waals surface area contributed by atoms with Crippen LogP contribution in [-0.2, 0) is 28.1 Å². The molecule has 2 aliphatic heterocycles. The van der Waals surface area contributed by atoms with Crippen LogP contribution in [0.4, 0.5) is 0 Å². The number of rotatable bonds is 7. The number of carbonyl (C=O) groups excluding carboxylic acids is 1. The van der Waals surface area contributed by atoms with Crippen molar-refractivity contribution in [1.29, 1.82) is 0 Å². The zero-order valence-electron chi connectivity index (χ0n) is 15.8. The van der Waals surface area contributed by atoms with Gasteiger partial charge in [0.15, 0.2) is 12.6 Å². The molecule has 30 heavy (non-hydrogen) atoms. The predicted octanol–water partition coefficient (Wildman–Crippen LogP) is -5.17. The van der Waals surface area contributed by atoms with Gasteiger partial charge in [0.2, 0.25) is 5.91 Å². The number of aliphatic hydroxyl groups excluding tert-OH is 5. The van der Waals surface area contributed by atoms with E-state index in [9.17, 15) is 34.9 Å². The van der Waals surface area contributed by atoms with Crippen LogP contribution in [0.3, 0.4) is 0 Å². The zero-order chi connectivity index (χ0) is 22.8. The molecule has 2 rings (SSSR count). The fraction of sp³-hybridized carbons (Fsp3) is 0.929. The zero-order valence-corrected chi connectivity index (χ0v) is 16.7. The summed E-state index contributed by atoms with van der Waals surface area (Å²) in [5, 5.41) is 52.3. The molecule has 0 bridgehead atoms. The Bertz CT molecular complexity index is 633. The number of aliphatic hydroxyl groups is 5. The largest absolute Gasteiger partial charge is 0.469 e. The molecule has 15 nitrogen and oxygen atoms in total. The maximum atomic E-state index is 11.5. The van der Waals surface area contributed by atoms with Crippen molar-refractivity contribution in [2.45, 2.75) is 68.2 Å². The molecule has 0 aromatic heterocycles. The van der Waals surface area contributed by atoms with Gasteiger partial charge in [0.25, 0.3) is 0 Å². The SMILES string of the molecule is CC(=O)N[C@H]1[C@H](O[C@H]2[C@H](O)[C@@H](N)C(O)O[C@@H]2CO)O[C@H](COP(=O)(O)O)[C@@H](O)[C@@H]1O. The third-order valence-electron chi connectivity index (χ3n) is 4.69. The van der Waals surface area contributed by atoms with Crippen molar-refractivity contribution in [3.8, 4) is 0 Å². The van der Waals surface area contributed by atoms with Crippen LogP contribution in [0.5, 0.6) is 0 Å². The molecule has 0 saturated carbocycles. The summed E-state index contributed by atoms with van der Waals surface area (Å²) in [6, 6.07) is -2.72.